The molecule has 7 nitrogen and oxygen atoms in total. The van der Waals surface area contributed by atoms with Crippen LogP contribution >= 0.6 is 0 Å². The van der Waals surface area contributed by atoms with Gasteiger partial charge >= 0.3 is 5.97 Å². The van der Waals surface area contributed by atoms with E-state index < -0.39 is 5.97 Å². The highest BCUT2D eigenvalue weighted by atomic mass is 16.5. The number of carbonyl (C=O) groups is 2. The molecule has 1 aliphatic heterocycles. The van der Waals surface area contributed by atoms with E-state index in [1.54, 1.807) is 16.8 Å². The Kier molecular flexibility index (Phi) is 6.16. The molecule has 5 rings (SSSR count). The van der Waals surface area contributed by atoms with Gasteiger partial charge in [-0.2, -0.15) is 0 Å². The van der Waals surface area contributed by atoms with Gasteiger partial charge in [-0.15, -0.1) is 5.10 Å². The van der Waals surface area contributed by atoms with Gasteiger partial charge in [0, 0.05) is 24.2 Å². The molecule has 3 aromatic carbocycles. The van der Waals surface area contributed by atoms with E-state index in [0.717, 1.165) is 42.7 Å². The fraction of sp³-hybridized carbons (Fsp3) is 0.185. The molecule has 7 heteroatoms. The highest BCUT2D eigenvalue weighted by molar-refractivity contribution is 5.94. The summed E-state index contributed by atoms with van der Waals surface area (Å²) in [6, 6.07) is 26.3. The van der Waals surface area contributed by atoms with Crippen LogP contribution in [-0.2, 0) is 11.3 Å². The molecule has 1 aliphatic rings. The molecule has 170 valence electrons. The molecule has 0 N–H and O–H groups in total. The van der Waals surface area contributed by atoms with Crippen molar-refractivity contribution < 1.29 is 14.3 Å². The van der Waals surface area contributed by atoms with Crippen molar-refractivity contribution in [2.45, 2.75) is 19.4 Å². The molecular weight excluding hydrogens is 428 g/mol. The maximum Gasteiger partial charge on any atom is 0.378 e. The van der Waals surface area contributed by atoms with Crippen molar-refractivity contribution in [2.24, 2.45) is 0 Å². The molecule has 0 unspecified atom stereocenters. The van der Waals surface area contributed by atoms with E-state index in [2.05, 4.69) is 10.1 Å². The summed E-state index contributed by atoms with van der Waals surface area (Å²) in [5.41, 5.74) is 3.08. The molecule has 0 bridgehead atoms. The lowest BCUT2D eigenvalue weighted by molar-refractivity contribution is 0.0458. The number of rotatable bonds is 6. The highest BCUT2D eigenvalue weighted by Crippen LogP contribution is 2.21. The molecule has 4 aromatic rings. The standard InChI is InChI=1S/C27H24N4O3/c32-26(30-17-7-8-18-30)22-15-13-20(14-16-22)19-34-27(33)24-28-25(21-9-3-1-4-10-21)31(29-24)23-11-5-2-6-12-23/h1-6,9-16H,7-8,17-19H2. The summed E-state index contributed by atoms with van der Waals surface area (Å²) < 4.78 is 7.13. The number of nitrogens with zero attached hydrogens (tertiary/aromatic N) is 4. The third kappa shape index (κ3) is 4.59. The van der Waals surface area contributed by atoms with Crippen LogP contribution in [-0.4, -0.2) is 44.6 Å². The van der Waals surface area contributed by atoms with Crippen LogP contribution in [0.1, 0.15) is 39.4 Å². The Hall–Kier alpha value is -4.26. The second-order valence-electron chi connectivity index (χ2n) is 8.14. The van der Waals surface area contributed by atoms with Gasteiger partial charge in [-0.3, -0.25) is 4.79 Å². The van der Waals surface area contributed by atoms with Crippen molar-refractivity contribution in [2.75, 3.05) is 13.1 Å². The number of esters is 1. The van der Waals surface area contributed by atoms with Gasteiger partial charge in [-0.25, -0.2) is 14.5 Å². The van der Waals surface area contributed by atoms with E-state index >= 15 is 0 Å². The van der Waals surface area contributed by atoms with Crippen LogP contribution in [0.2, 0.25) is 0 Å². The first-order valence-corrected chi connectivity index (χ1v) is 11.3. The maximum absolute atomic E-state index is 12.8. The maximum atomic E-state index is 12.8. The summed E-state index contributed by atoms with van der Waals surface area (Å²) in [5, 5.41) is 4.43. The molecule has 1 amide bonds. The Labute approximate surface area is 197 Å². The molecular formula is C27H24N4O3. The monoisotopic (exact) mass is 452 g/mol. The average Bonchev–Trinajstić information content (AvgIpc) is 3.59. The van der Waals surface area contributed by atoms with Crippen LogP contribution in [0.25, 0.3) is 17.1 Å². The molecule has 0 atom stereocenters. The number of hydrogen-bond donors (Lipinski definition) is 0. The molecule has 0 spiro atoms. The number of likely N-dealkylation sites (tertiary alicyclic amines) is 1. The topological polar surface area (TPSA) is 77.3 Å². The Morgan fingerprint density at radius 2 is 1.47 bits per heavy atom. The highest BCUT2D eigenvalue weighted by Gasteiger charge is 2.21. The summed E-state index contributed by atoms with van der Waals surface area (Å²) in [6.07, 6.45) is 2.11. The number of ether oxygens (including phenoxy) is 1. The van der Waals surface area contributed by atoms with Gasteiger partial charge in [0.1, 0.15) is 6.61 Å². The zero-order chi connectivity index (χ0) is 23.3. The van der Waals surface area contributed by atoms with E-state index in [4.69, 9.17) is 4.74 Å². The number of amides is 1. The zero-order valence-corrected chi connectivity index (χ0v) is 18.6. The number of para-hydroxylation sites is 1. The SMILES string of the molecule is O=C(OCc1ccc(C(=O)N2CCCC2)cc1)c1nc(-c2ccccc2)n(-c2ccccc2)n1. The molecule has 2 heterocycles. The zero-order valence-electron chi connectivity index (χ0n) is 18.6. The lowest BCUT2D eigenvalue weighted by atomic mass is 10.1. The predicted octanol–water partition coefficient (Wildman–Crippen LogP) is 4.53. The number of carbonyl (C=O) groups excluding carboxylic acids is 2. The number of hydrogen-bond acceptors (Lipinski definition) is 5. The van der Waals surface area contributed by atoms with E-state index in [9.17, 15) is 9.59 Å². The molecule has 1 saturated heterocycles. The quantitative estimate of drug-likeness (QED) is 0.402. The fourth-order valence-electron chi connectivity index (χ4n) is 3.98. The van der Waals surface area contributed by atoms with Gasteiger partial charge in [0.15, 0.2) is 5.82 Å². The van der Waals surface area contributed by atoms with Gasteiger partial charge in [0.05, 0.1) is 5.69 Å². The molecule has 0 saturated carbocycles. The lowest BCUT2D eigenvalue weighted by Crippen LogP contribution is -2.27. The van der Waals surface area contributed by atoms with E-state index in [1.807, 2.05) is 77.7 Å². The van der Waals surface area contributed by atoms with E-state index in [-0.39, 0.29) is 18.3 Å². The average molecular weight is 453 g/mol. The lowest BCUT2D eigenvalue weighted by Gasteiger charge is -2.15. The number of benzene rings is 3. The van der Waals surface area contributed by atoms with Gasteiger partial charge in [-0.1, -0.05) is 60.7 Å². The number of aromatic nitrogens is 3. The van der Waals surface area contributed by atoms with Crippen LogP contribution in [0.4, 0.5) is 0 Å². The van der Waals surface area contributed by atoms with E-state index in [0.29, 0.717) is 11.4 Å². The van der Waals surface area contributed by atoms with E-state index in [1.165, 1.54) is 0 Å². The molecule has 0 aliphatic carbocycles. The Morgan fingerprint density at radius 1 is 0.824 bits per heavy atom. The van der Waals surface area contributed by atoms with Crippen molar-refractivity contribution in [3.8, 4) is 17.1 Å². The van der Waals surface area contributed by atoms with Crippen LogP contribution in [0.3, 0.4) is 0 Å². The minimum Gasteiger partial charge on any atom is -0.455 e. The minimum atomic E-state index is -0.607. The third-order valence-electron chi connectivity index (χ3n) is 5.79. The molecule has 1 fully saturated rings. The van der Waals surface area contributed by atoms with Crippen molar-refractivity contribution >= 4 is 11.9 Å². The van der Waals surface area contributed by atoms with Gasteiger partial charge in [0.25, 0.3) is 11.7 Å². The second-order valence-corrected chi connectivity index (χ2v) is 8.14. The van der Waals surface area contributed by atoms with Gasteiger partial charge in [-0.05, 0) is 42.7 Å². The van der Waals surface area contributed by atoms with Crippen LogP contribution in [0.15, 0.2) is 84.9 Å². The first kappa shape index (κ1) is 21.6. The summed E-state index contributed by atoms with van der Waals surface area (Å²) in [6.45, 7) is 1.69. The summed E-state index contributed by atoms with van der Waals surface area (Å²) >= 11 is 0. The van der Waals surface area contributed by atoms with Crippen LogP contribution < -0.4 is 0 Å². The first-order chi connectivity index (χ1) is 16.7. The second kappa shape index (κ2) is 9.70. The Balaban J connectivity index is 1.31. The smallest absolute Gasteiger partial charge is 0.378 e. The van der Waals surface area contributed by atoms with Crippen LogP contribution in [0, 0.1) is 0 Å². The summed E-state index contributed by atoms with van der Waals surface area (Å²) in [4.78, 5) is 31.6. The van der Waals surface area contributed by atoms with Crippen molar-refractivity contribution in [3.05, 3.63) is 102 Å². The summed E-state index contributed by atoms with van der Waals surface area (Å²) in [5.74, 6) is -0.0127. The summed E-state index contributed by atoms with van der Waals surface area (Å²) in [7, 11) is 0. The fourth-order valence-corrected chi connectivity index (χ4v) is 3.98. The van der Waals surface area contributed by atoms with Gasteiger partial charge in [0.2, 0.25) is 0 Å². The van der Waals surface area contributed by atoms with Crippen molar-refractivity contribution in [1.82, 2.24) is 19.7 Å². The largest absolute Gasteiger partial charge is 0.455 e. The normalized spacial score (nSPS) is 13.1. The van der Waals surface area contributed by atoms with Crippen molar-refractivity contribution in [3.63, 3.8) is 0 Å². The Morgan fingerprint density at radius 3 is 2.15 bits per heavy atom. The predicted molar refractivity (Wildman–Crippen MR) is 127 cm³/mol. The molecule has 34 heavy (non-hydrogen) atoms. The van der Waals surface area contributed by atoms with Crippen LogP contribution in [0.5, 0.6) is 0 Å². The van der Waals surface area contributed by atoms with Crippen molar-refractivity contribution in [1.29, 1.82) is 0 Å². The first-order valence-electron chi connectivity index (χ1n) is 11.3. The third-order valence-corrected chi connectivity index (χ3v) is 5.79. The molecule has 1 aromatic heterocycles. The van der Waals surface area contributed by atoms with Gasteiger partial charge < -0.3 is 9.64 Å². The Bertz CT molecular complexity index is 1220. The minimum absolute atomic E-state index is 0.0106. The molecule has 0 radical (unpaired) electrons.